The fourth-order valence-electron chi connectivity index (χ4n) is 2.59. The molecule has 1 aromatic carbocycles. The molecular weight excluding hydrogens is 350 g/mol. The zero-order valence-electron chi connectivity index (χ0n) is 12.7. The fourth-order valence-corrected chi connectivity index (χ4v) is 3.14. The third-order valence-corrected chi connectivity index (χ3v) is 4.56. The van der Waals surface area contributed by atoms with Crippen molar-refractivity contribution in [1.29, 1.82) is 0 Å². The Morgan fingerprint density at radius 1 is 1.45 bits per heavy atom. The Labute approximate surface area is 138 Å². The lowest BCUT2D eigenvalue weighted by Crippen LogP contribution is -2.58. The van der Waals surface area contributed by atoms with Gasteiger partial charge in [0.2, 0.25) is 0 Å². The van der Waals surface area contributed by atoms with E-state index in [1.165, 1.54) is 0 Å². The summed E-state index contributed by atoms with van der Waals surface area (Å²) < 4.78 is 5.94. The highest BCUT2D eigenvalue weighted by Gasteiger charge is 2.43. The van der Waals surface area contributed by atoms with E-state index in [2.05, 4.69) is 21.2 Å². The molecule has 2 rings (SSSR count). The molecule has 0 aromatic heterocycles. The van der Waals surface area contributed by atoms with Gasteiger partial charge in [0.15, 0.2) is 0 Å². The minimum Gasteiger partial charge on any atom is -0.479 e. The lowest BCUT2D eigenvalue weighted by molar-refractivity contribution is -0.145. The lowest BCUT2D eigenvalue weighted by atomic mass is 9.78. The van der Waals surface area contributed by atoms with Gasteiger partial charge in [0, 0.05) is 10.9 Å². The quantitative estimate of drug-likeness (QED) is 0.854. The minimum atomic E-state index is -1.31. The van der Waals surface area contributed by atoms with E-state index in [0.29, 0.717) is 12.8 Å². The van der Waals surface area contributed by atoms with Gasteiger partial charge in [0.05, 0.1) is 6.61 Å². The zero-order valence-corrected chi connectivity index (χ0v) is 14.3. The third-order valence-electron chi connectivity index (χ3n) is 3.81. The second-order valence-electron chi connectivity index (χ2n) is 6.06. The first-order valence-corrected chi connectivity index (χ1v) is 8.08. The normalized spacial score (nSPS) is 20.4. The number of aliphatic carboxylic acids is 1. The molecule has 1 amide bonds. The van der Waals surface area contributed by atoms with Gasteiger partial charge in [-0.05, 0) is 36.0 Å². The number of hydrogen-bond donors (Lipinski definition) is 2. The van der Waals surface area contributed by atoms with Gasteiger partial charge in [0.25, 0.3) is 0 Å². The van der Waals surface area contributed by atoms with E-state index in [-0.39, 0.29) is 18.9 Å². The molecule has 120 valence electrons. The fraction of sp³-hybridized carbons (Fsp3) is 0.500. The number of carbonyl (C=O) groups excluding carboxylic acids is 1. The highest BCUT2D eigenvalue weighted by Crippen LogP contribution is 2.33. The topological polar surface area (TPSA) is 75.6 Å². The molecule has 0 spiro atoms. The van der Waals surface area contributed by atoms with Crippen LogP contribution in [-0.4, -0.2) is 29.3 Å². The van der Waals surface area contributed by atoms with E-state index < -0.39 is 17.6 Å². The molecule has 1 aliphatic rings. The average Bonchev–Trinajstić information content (AvgIpc) is 2.46. The standard InChI is InChI=1S/C16H20BrNO4/c1-10(2)9-22-15(21)18-16(14(19)20)7-6-11-4-3-5-13(17)12(11)8-16/h3-5,10H,6-9H2,1-2H3,(H,18,21)(H,19,20). The molecule has 22 heavy (non-hydrogen) atoms. The van der Waals surface area contributed by atoms with Crippen molar-refractivity contribution >= 4 is 28.0 Å². The number of ether oxygens (including phenoxy) is 1. The second kappa shape index (κ2) is 6.69. The summed E-state index contributed by atoms with van der Waals surface area (Å²) in [6, 6.07) is 5.80. The predicted molar refractivity (Wildman–Crippen MR) is 85.9 cm³/mol. The van der Waals surface area contributed by atoms with Crippen molar-refractivity contribution in [3.05, 3.63) is 33.8 Å². The summed E-state index contributed by atoms with van der Waals surface area (Å²) in [5.41, 5.74) is 0.731. The summed E-state index contributed by atoms with van der Waals surface area (Å²) in [6.45, 7) is 4.12. The van der Waals surface area contributed by atoms with Crippen LogP contribution in [0.1, 0.15) is 31.4 Å². The molecule has 0 fully saturated rings. The molecule has 0 aliphatic heterocycles. The van der Waals surface area contributed by atoms with Gasteiger partial charge in [-0.1, -0.05) is 41.9 Å². The number of alkyl carbamates (subject to hydrolysis) is 1. The number of carboxylic acid groups (broad SMARTS) is 1. The van der Waals surface area contributed by atoms with Gasteiger partial charge in [-0.25, -0.2) is 9.59 Å². The summed E-state index contributed by atoms with van der Waals surface area (Å²) >= 11 is 3.46. The van der Waals surface area contributed by atoms with Crippen molar-refractivity contribution in [1.82, 2.24) is 5.32 Å². The number of benzene rings is 1. The number of fused-ring (bicyclic) bond motifs is 1. The molecule has 0 bridgehead atoms. The highest BCUT2D eigenvalue weighted by molar-refractivity contribution is 9.10. The van der Waals surface area contributed by atoms with Crippen LogP contribution in [0.2, 0.25) is 0 Å². The van der Waals surface area contributed by atoms with Crippen molar-refractivity contribution in [2.45, 2.75) is 38.6 Å². The van der Waals surface area contributed by atoms with Gasteiger partial charge < -0.3 is 15.2 Å². The summed E-state index contributed by atoms with van der Waals surface area (Å²) in [7, 11) is 0. The molecule has 1 aromatic rings. The second-order valence-corrected chi connectivity index (χ2v) is 6.91. The summed E-state index contributed by atoms with van der Waals surface area (Å²) in [5.74, 6) is -0.830. The maximum absolute atomic E-state index is 11.9. The van der Waals surface area contributed by atoms with E-state index in [4.69, 9.17) is 4.74 Å². The number of nitrogens with one attached hydrogen (secondary N) is 1. The average molecular weight is 370 g/mol. The van der Waals surface area contributed by atoms with Crippen LogP contribution in [0.5, 0.6) is 0 Å². The molecule has 2 N–H and O–H groups in total. The molecule has 1 unspecified atom stereocenters. The molecule has 1 atom stereocenters. The van der Waals surface area contributed by atoms with Crippen LogP contribution in [0, 0.1) is 5.92 Å². The van der Waals surface area contributed by atoms with E-state index in [0.717, 1.165) is 15.6 Å². The number of aryl methyl sites for hydroxylation is 1. The predicted octanol–water partition coefficient (Wildman–Crippen LogP) is 3.14. The van der Waals surface area contributed by atoms with Gasteiger partial charge in [-0.15, -0.1) is 0 Å². The maximum Gasteiger partial charge on any atom is 0.408 e. The third kappa shape index (κ3) is 3.61. The Balaban J connectivity index is 2.19. The molecule has 6 heteroatoms. The van der Waals surface area contributed by atoms with Crippen molar-refractivity contribution in [2.75, 3.05) is 6.61 Å². The first-order valence-electron chi connectivity index (χ1n) is 7.28. The maximum atomic E-state index is 11.9. The Morgan fingerprint density at radius 2 is 2.18 bits per heavy atom. The monoisotopic (exact) mass is 369 g/mol. The molecule has 0 heterocycles. The van der Waals surface area contributed by atoms with Crippen LogP contribution in [-0.2, 0) is 22.4 Å². The van der Waals surface area contributed by atoms with E-state index in [9.17, 15) is 14.7 Å². The highest BCUT2D eigenvalue weighted by atomic mass is 79.9. The molecule has 0 saturated heterocycles. The number of amides is 1. The van der Waals surface area contributed by atoms with E-state index in [1.807, 2.05) is 32.0 Å². The van der Waals surface area contributed by atoms with Crippen LogP contribution in [0.4, 0.5) is 4.79 Å². The van der Waals surface area contributed by atoms with Crippen LogP contribution >= 0.6 is 15.9 Å². The number of hydrogen-bond acceptors (Lipinski definition) is 3. The first kappa shape index (κ1) is 16.8. The summed E-state index contributed by atoms with van der Waals surface area (Å²) in [5, 5.41) is 12.2. The van der Waals surface area contributed by atoms with Crippen molar-refractivity contribution < 1.29 is 19.4 Å². The molecule has 5 nitrogen and oxygen atoms in total. The van der Waals surface area contributed by atoms with Crippen molar-refractivity contribution in [2.24, 2.45) is 5.92 Å². The Bertz CT molecular complexity index is 588. The SMILES string of the molecule is CC(C)COC(=O)NC1(C(=O)O)CCc2cccc(Br)c2C1. The van der Waals surface area contributed by atoms with Gasteiger partial charge in [0.1, 0.15) is 5.54 Å². The molecule has 0 saturated carbocycles. The Morgan fingerprint density at radius 3 is 2.82 bits per heavy atom. The van der Waals surface area contributed by atoms with Crippen molar-refractivity contribution in [3.8, 4) is 0 Å². The smallest absolute Gasteiger partial charge is 0.408 e. The number of halogens is 1. The lowest BCUT2D eigenvalue weighted by Gasteiger charge is -2.35. The van der Waals surface area contributed by atoms with E-state index >= 15 is 0 Å². The van der Waals surface area contributed by atoms with Crippen molar-refractivity contribution in [3.63, 3.8) is 0 Å². The number of carbonyl (C=O) groups is 2. The van der Waals surface area contributed by atoms with Gasteiger partial charge >= 0.3 is 12.1 Å². The van der Waals surface area contributed by atoms with Crippen LogP contribution in [0.25, 0.3) is 0 Å². The van der Waals surface area contributed by atoms with Crippen LogP contribution < -0.4 is 5.32 Å². The Kier molecular flexibility index (Phi) is 5.11. The van der Waals surface area contributed by atoms with Crippen LogP contribution in [0.3, 0.4) is 0 Å². The van der Waals surface area contributed by atoms with Crippen LogP contribution in [0.15, 0.2) is 22.7 Å². The largest absolute Gasteiger partial charge is 0.479 e. The first-order chi connectivity index (χ1) is 10.3. The molecular formula is C16H20BrNO4. The summed E-state index contributed by atoms with van der Waals surface area (Å²) in [6.07, 6.45) is 0.524. The molecule has 0 radical (unpaired) electrons. The Hall–Kier alpha value is -1.56. The zero-order chi connectivity index (χ0) is 16.3. The number of rotatable bonds is 4. The van der Waals surface area contributed by atoms with Gasteiger partial charge in [-0.3, -0.25) is 0 Å². The van der Waals surface area contributed by atoms with E-state index in [1.54, 1.807) is 0 Å². The van der Waals surface area contributed by atoms with Gasteiger partial charge in [-0.2, -0.15) is 0 Å². The number of carboxylic acids is 1. The molecule has 1 aliphatic carbocycles. The minimum absolute atomic E-state index is 0.202. The summed E-state index contributed by atoms with van der Waals surface area (Å²) in [4.78, 5) is 23.7.